The zero-order valence-electron chi connectivity index (χ0n) is 16.4. The smallest absolute Gasteiger partial charge is 0.264 e. The Morgan fingerprint density at radius 3 is 2.37 bits per heavy atom. The van der Waals surface area contributed by atoms with Crippen LogP contribution in [0, 0.1) is 3.57 Å². The Balaban J connectivity index is 1.84. The van der Waals surface area contributed by atoms with Crippen LogP contribution in [-0.4, -0.2) is 17.5 Å². The molecule has 0 aliphatic rings. The summed E-state index contributed by atoms with van der Waals surface area (Å²) in [4.78, 5) is 23.6. The molecule has 1 aromatic heterocycles. The van der Waals surface area contributed by atoms with E-state index in [-0.39, 0.29) is 12.2 Å². The largest absolute Gasteiger partial charge is 0.490 e. The molecule has 0 N–H and O–H groups in total. The first kappa shape index (κ1) is 22.4. The minimum Gasteiger partial charge on any atom is -0.490 e. The van der Waals surface area contributed by atoms with Gasteiger partial charge in [0.15, 0.2) is 11.5 Å². The van der Waals surface area contributed by atoms with E-state index in [1.165, 1.54) is 0 Å². The van der Waals surface area contributed by atoms with Gasteiger partial charge in [-0.25, -0.2) is 0 Å². The van der Waals surface area contributed by atoms with Gasteiger partial charge in [0.05, 0.1) is 20.9 Å². The summed E-state index contributed by atoms with van der Waals surface area (Å²) in [5, 5.41) is 0.476. The van der Waals surface area contributed by atoms with Crippen LogP contribution < -0.4 is 15.0 Å². The Hall–Kier alpha value is -2.32. The van der Waals surface area contributed by atoms with Crippen LogP contribution in [0.1, 0.15) is 28.5 Å². The molecule has 0 amide bonds. The summed E-state index contributed by atoms with van der Waals surface area (Å²) in [6, 6.07) is 16.4. The summed E-state index contributed by atoms with van der Waals surface area (Å²) >= 11 is 8.48. The highest BCUT2D eigenvalue weighted by Crippen LogP contribution is 2.28. The van der Waals surface area contributed by atoms with Crippen LogP contribution in [0.25, 0.3) is 0 Å². The summed E-state index contributed by atoms with van der Waals surface area (Å²) in [5.41, 5.74) is 2.14. The van der Waals surface area contributed by atoms with E-state index in [9.17, 15) is 9.59 Å². The molecule has 0 fully saturated rings. The number of carbonyl (C=O) groups excluding carboxylic acids is 1. The number of aryl methyl sites for hydroxylation is 1. The third-order valence-electron chi connectivity index (χ3n) is 4.56. The van der Waals surface area contributed by atoms with Crippen molar-refractivity contribution in [2.75, 3.05) is 6.61 Å². The molecule has 3 rings (SSSR count). The average molecular weight is 538 g/mol. The lowest BCUT2D eigenvalue weighted by Crippen LogP contribution is -2.27. The van der Waals surface area contributed by atoms with Crippen LogP contribution in [0.2, 0.25) is 5.02 Å². The summed E-state index contributed by atoms with van der Waals surface area (Å²) in [7, 11) is 0. The molecule has 156 valence electrons. The van der Waals surface area contributed by atoms with Crippen LogP contribution in [0.3, 0.4) is 0 Å². The second kappa shape index (κ2) is 10.6. The molecule has 2 aromatic carbocycles. The van der Waals surface area contributed by atoms with Crippen molar-refractivity contribution >= 4 is 40.5 Å². The Morgan fingerprint density at radius 1 is 1.07 bits per heavy atom. The van der Waals surface area contributed by atoms with Crippen LogP contribution in [0.15, 0.2) is 59.4 Å². The van der Waals surface area contributed by atoms with Crippen molar-refractivity contribution in [1.82, 2.24) is 4.57 Å². The molecule has 0 aliphatic carbocycles. The highest BCUT2D eigenvalue weighted by molar-refractivity contribution is 14.1. The second-order valence-electron chi connectivity index (χ2n) is 6.52. The average Bonchev–Trinajstić information content (AvgIpc) is 2.76. The van der Waals surface area contributed by atoms with E-state index in [0.717, 1.165) is 11.8 Å². The summed E-state index contributed by atoms with van der Waals surface area (Å²) < 4.78 is 13.8. The van der Waals surface area contributed by atoms with Crippen molar-refractivity contribution in [2.24, 2.45) is 0 Å². The number of pyridine rings is 1. The van der Waals surface area contributed by atoms with E-state index in [4.69, 9.17) is 21.1 Å². The van der Waals surface area contributed by atoms with E-state index in [1.54, 1.807) is 22.8 Å². The van der Waals surface area contributed by atoms with E-state index in [1.807, 2.05) is 65.9 Å². The van der Waals surface area contributed by atoms with Crippen molar-refractivity contribution in [3.05, 3.63) is 90.4 Å². The molecule has 1 heterocycles. The van der Waals surface area contributed by atoms with Gasteiger partial charge in [-0.2, -0.15) is 0 Å². The lowest BCUT2D eigenvalue weighted by atomic mass is 10.1. The van der Waals surface area contributed by atoms with Gasteiger partial charge >= 0.3 is 0 Å². The lowest BCUT2D eigenvalue weighted by Gasteiger charge is -2.17. The monoisotopic (exact) mass is 537 g/mol. The number of benzene rings is 2. The third kappa shape index (κ3) is 5.43. The molecule has 0 spiro atoms. The molecule has 0 unspecified atom stereocenters. The zero-order valence-corrected chi connectivity index (χ0v) is 19.4. The van der Waals surface area contributed by atoms with Gasteiger partial charge in [0.1, 0.15) is 12.9 Å². The summed E-state index contributed by atoms with van der Waals surface area (Å²) in [6.45, 7) is 3.02. The standard InChI is InChI=1S/C23H21ClINO4/c1-2-29-21-5-3-4-6-22(21)30-15-20-18(24)13-19(25)23(28)26(20)12-11-16-7-9-17(14-27)10-8-16/h3-10,13-14H,2,11-12,15H2,1H3. The van der Waals surface area contributed by atoms with Gasteiger partial charge in [-0.3, -0.25) is 9.59 Å². The van der Waals surface area contributed by atoms with Gasteiger partial charge in [-0.05, 0) is 59.7 Å². The number of aldehydes is 1. The predicted octanol–water partition coefficient (Wildman–Crippen LogP) is 5.14. The first-order valence-electron chi connectivity index (χ1n) is 9.50. The Kier molecular flexibility index (Phi) is 7.93. The molecule has 5 nitrogen and oxygen atoms in total. The van der Waals surface area contributed by atoms with Crippen LogP contribution in [0.4, 0.5) is 0 Å². The first-order valence-corrected chi connectivity index (χ1v) is 11.0. The van der Waals surface area contributed by atoms with E-state index in [2.05, 4.69) is 0 Å². The van der Waals surface area contributed by atoms with Crippen LogP contribution in [0.5, 0.6) is 11.5 Å². The summed E-state index contributed by atoms with van der Waals surface area (Å²) in [6.07, 6.45) is 1.43. The Labute approximate surface area is 193 Å². The van der Waals surface area contributed by atoms with Gasteiger partial charge in [-0.1, -0.05) is 48.0 Å². The molecular weight excluding hydrogens is 517 g/mol. The fourth-order valence-electron chi connectivity index (χ4n) is 3.01. The number of rotatable bonds is 9. The molecule has 0 saturated carbocycles. The second-order valence-corrected chi connectivity index (χ2v) is 8.09. The number of hydrogen-bond acceptors (Lipinski definition) is 4. The molecule has 0 bridgehead atoms. The fraction of sp³-hybridized carbons (Fsp3) is 0.217. The molecule has 7 heteroatoms. The fourth-order valence-corrected chi connectivity index (χ4v) is 4.07. The molecule has 0 radical (unpaired) electrons. The van der Waals surface area contributed by atoms with E-state index < -0.39 is 0 Å². The van der Waals surface area contributed by atoms with Gasteiger partial charge in [0, 0.05) is 12.1 Å². The van der Waals surface area contributed by atoms with Crippen LogP contribution in [-0.2, 0) is 19.6 Å². The molecule has 0 aliphatic heterocycles. The van der Waals surface area contributed by atoms with Crippen molar-refractivity contribution in [2.45, 2.75) is 26.5 Å². The number of para-hydroxylation sites is 2. The van der Waals surface area contributed by atoms with Crippen molar-refractivity contribution < 1.29 is 14.3 Å². The lowest BCUT2D eigenvalue weighted by molar-refractivity contribution is 0.112. The Morgan fingerprint density at radius 2 is 1.73 bits per heavy atom. The maximum absolute atomic E-state index is 12.8. The predicted molar refractivity (Wildman–Crippen MR) is 126 cm³/mol. The third-order valence-corrected chi connectivity index (χ3v) is 5.66. The van der Waals surface area contributed by atoms with Crippen molar-refractivity contribution in [3.63, 3.8) is 0 Å². The Bertz CT molecular complexity index is 1080. The molecule has 30 heavy (non-hydrogen) atoms. The molecule has 0 saturated heterocycles. The highest BCUT2D eigenvalue weighted by atomic mass is 127. The van der Waals surface area contributed by atoms with E-state index >= 15 is 0 Å². The molecule has 3 aromatic rings. The number of halogens is 2. The quantitative estimate of drug-likeness (QED) is 0.280. The minimum atomic E-state index is -0.110. The zero-order chi connectivity index (χ0) is 21.5. The number of nitrogens with zero attached hydrogens (tertiary/aromatic N) is 1. The van der Waals surface area contributed by atoms with Crippen LogP contribution >= 0.6 is 34.2 Å². The first-order chi connectivity index (χ1) is 14.5. The van der Waals surface area contributed by atoms with Crippen molar-refractivity contribution in [3.8, 4) is 11.5 Å². The topological polar surface area (TPSA) is 57.5 Å². The van der Waals surface area contributed by atoms with Crippen molar-refractivity contribution in [1.29, 1.82) is 0 Å². The van der Waals surface area contributed by atoms with Gasteiger partial charge in [-0.15, -0.1) is 0 Å². The molecular formula is C23H21ClINO4. The van der Waals surface area contributed by atoms with Gasteiger partial charge in [0.2, 0.25) is 0 Å². The maximum Gasteiger partial charge on any atom is 0.264 e. The number of ether oxygens (including phenoxy) is 2. The number of aromatic nitrogens is 1. The number of hydrogen-bond donors (Lipinski definition) is 0. The molecule has 0 atom stereocenters. The van der Waals surface area contributed by atoms with Gasteiger partial charge < -0.3 is 14.0 Å². The SMILES string of the molecule is CCOc1ccccc1OCc1c(Cl)cc(I)c(=O)n1CCc1ccc(C=O)cc1. The van der Waals surface area contributed by atoms with E-state index in [0.29, 0.717) is 50.9 Å². The number of carbonyl (C=O) groups is 1. The van der Waals surface area contributed by atoms with Gasteiger partial charge in [0.25, 0.3) is 5.56 Å². The highest BCUT2D eigenvalue weighted by Gasteiger charge is 2.14. The summed E-state index contributed by atoms with van der Waals surface area (Å²) in [5.74, 6) is 1.24. The minimum absolute atomic E-state index is 0.110. The maximum atomic E-state index is 12.8. The normalized spacial score (nSPS) is 10.6.